The maximum absolute atomic E-state index is 13.4. The van der Waals surface area contributed by atoms with Crippen LogP contribution in [0.2, 0.25) is 0 Å². The number of rotatable bonds is 8. The predicted octanol–water partition coefficient (Wildman–Crippen LogP) is 6.90. The van der Waals surface area contributed by atoms with Crippen molar-refractivity contribution in [1.82, 2.24) is 0 Å². The van der Waals surface area contributed by atoms with E-state index in [9.17, 15) is 4.79 Å². The number of hydrogen-bond donors (Lipinski definition) is 1. The Labute approximate surface area is 158 Å². The Hall–Kier alpha value is -0.960. The van der Waals surface area contributed by atoms with Crippen molar-refractivity contribution in [2.24, 2.45) is 11.3 Å². The second-order valence-electron chi connectivity index (χ2n) is 7.84. The molecule has 1 aliphatic carbocycles. The lowest BCUT2D eigenvalue weighted by Crippen LogP contribution is -2.39. The number of thioether (sulfide) groups is 1. The zero-order valence-electron chi connectivity index (χ0n) is 16.4. The van der Waals surface area contributed by atoms with Gasteiger partial charge in [0, 0.05) is 15.6 Å². The van der Waals surface area contributed by atoms with E-state index in [2.05, 4.69) is 51.2 Å². The van der Waals surface area contributed by atoms with E-state index < -0.39 is 0 Å². The minimum absolute atomic E-state index is 0.162. The molecule has 1 amide bonds. The van der Waals surface area contributed by atoms with E-state index in [0.717, 1.165) is 24.9 Å². The lowest BCUT2D eigenvalue weighted by molar-refractivity contribution is -0.128. The van der Waals surface area contributed by atoms with Gasteiger partial charge in [0.1, 0.15) is 0 Å². The van der Waals surface area contributed by atoms with E-state index in [0.29, 0.717) is 11.2 Å². The van der Waals surface area contributed by atoms with E-state index >= 15 is 0 Å². The molecular formula is C22H35NOS. The van der Waals surface area contributed by atoms with E-state index in [1.54, 1.807) is 0 Å². The third-order valence-corrected chi connectivity index (χ3v) is 6.71. The van der Waals surface area contributed by atoms with Gasteiger partial charge in [-0.1, -0.05) is 71.9 Å². The van der Waals surface area contributed by atoms with Gasteiger partial charge in [0.2, 0.25) is 5.91 Å². The highest BCUT2D eigenvalue weighted by Crippen LogP contribution is 2.44. The van der Waals surface area contributed by atoms with Crippen molar-refractivity contribution in [3.05, 3.63) is 24.3 Å². The van der Waals surface area contributed by atoms with Gasteiger partial charge in [-0.3, -0.25) is 4.79 Å². The summed E-state index contributed by atoms with van der Waals surface area (Å²) in [5, 5.41) is 3.83. The summed E-state index contributed by atoms with van der Waals surface area (Å²) in [5.41, 5.74) is 0.825. The molecule has 0 atom stereocenters. The summed E-state index contributed by atoms with van der Waals surface area (Å²) in [5.74, 6) is 0.917. The summed E-state index contributed by atoms with van der Waals surface area (Å²) in [7, 11) is 0. The van der Waals surface area contributed by atoms with Crippen LogP contribution in [0.5, 0.6) is 0 Å². The number of anilines is 1. The van der Waals surface area contributed by atoms with Crippen LogP contribution in [-0.4, -0.2) is 11.2 Å². The summed E-state index contributed by atoms with van der Waals surface area (Å²) in [6.45, 7) is 8.91. The van der Waals surface area contributed by atoms with Gasteiger partial charge in [0.25, 0.3) is 0 Å². The topological polar surface area (TPSA) is 29.1 Å². The van der Waals surface area contributed by atoms with Crippen molar-refractivity contribution in [1.29, 1.82) is 0 Å². The smallest absolute Gasteiger partial charge is 0.230 e. The molecule has 0 bridgehead atoms. The first-order chi connectivity index (χ1) is 12.0. The van der Waals surface area contributed by atoms with Gasteiger partial charge in [-0.05, 0) is 37.3 Å². The maximum atomic E-state index is 13.4. The number of nitrogens with one attached hydrogen (secondary N) is 1. The highest BCUT2D eigenvalue weighted by molar-refractivity contribution is 8.00. The molecule has 1 aromatic carbocycles. The number of hydrogen-bond acceptors (Lipinski definition) is 2. The van der Waals surface area contributed by atoms with Crippen molar-refractivity contribution >= 4 is 23.4 Å². The van der Waals surface area contributed by atoms with Crippen molar-refractivity contribution in [3.63, 3.8) is 0 Å². The van der Waals surface area contributed by atoms with Crippen LogP contribution >= 0.6 is 11.8 Å². The molecule has 0 aromatic heterocycles. The molecule has 140 valence electrons. The Bertz CT molecular complexity index is 545. The van der Waals surface area contributed by atoms with Gasteiger partial charge in [0.05, 0.1) is 5.69 Å². The van der Waals surface area contributed by atoms with Crippen LogP contribution in [0.4, 0.5) is 5.69 Å². The maximum Gasteiger partial charge on any atom is 0.230 e. The molecule has 2 rings (SSSR count). The Morgan fingerprint density at radius 1 is 1.12 bits per heavy atom. The molecule has 0 radical (unpaired) electrons. The van der Waals surface area contributed by atoms with Crippen LogP contribution in [0.3, 0.4) is 0 Å². The molecular weight excluding hydrogens is 326 g/mol. The summed E-state index contributed by atoms with van der Waals surface area (Å²) < 4.78 is 0. The molecule has 1 aliphatic rings. The van der Waals surface area contributed by atoms with Gasteiger partial charge in [-0.2, -0.15) is 0 Å². The molecule has 0 aliphatic heterocycles. The van der Waals surface area contributed by atoms with Crippen LogP contribution in [0, 0.1) is 11.3 Å². The van der Waals surface area contributed by atoms with Gasteiger partial charge in [0.15, 0.2) is 0 Å². The van der Waals surface area contributed by atoms with Gasteiger partial charge in [-0.15, -0.1) is 11.8 Å². The molecule has 0 heterocycles. The Kier molecular flexibility index (Phi) is 7.86. The molecule has 0 spiro atoms. The molecule has 2 nitrogen and oxygen atoms in total. The molecule has 3 heteroatoms. The average Bonchev–Trinajstić information content (AvgIpc) is 2.61. The minimum atomic E-state index is -0.162. The molecule has 25 heavy (non-hydrogen) atoms. The number of benzene rings is 1. The zero-order valence-corrected chi connectivity index (χ0v) is 17.3. The Morgan fingerprint density at radius 2 is 1.76 bits per heavy atom. The largest absolute Gasteiger partial charge is 0.325 e. The second kappa shape index (κ2) is 9.66. The monoisotopic (exact) mass is 361 g/mol. The second-order valence-corrected chi connectivity index (χ2v) is 9.46. The van der Waals surface area contributed by atoms with Gasteiger partial charge >= 0.3 is 0 Å². The van der Waals surface area contributed by atoms with Crippen molar-refractivity contribution in [3.8, 4) is 0 Å². The quantitative estimate of drug-likeness (QED) is 0.510. The Morgan fingerprint density at radius 3 is 2.36 bits per heavy atom. The van der Waals surface area contributed by atoms with Gasteiger partial charge < -0.3 is 5.32 Å². The molecule has 1 aromatic rings. The number of carbonyl (C=O) groups is 1. The summed E-state index contributed by atoms with van der Waals surface area (Å²) >= 11 is 1.82. The van der Waals surface area contributed by atoms with Crippen molar-refractivity contribution in [2.45, 2.75) is 89.2 Å². The van der Waals surface area contributed by atoms with Crippen molar-refractivity contribution < 1.29 is 4.79 Å². The summed E-state index contributed by atoms with van der Waals surface area (Å²) in [4.78, 5) is 14.6. The van der Waals surface area contributed by atoms with Gasteiger partial charge in [-0.25, -0.2) is 0 Å². The normalized spacial score (nSPS) is 17.0. The first kappa shape index (κ1) is 20.4. The zero-order chi connectivity index (χ0) is 18.3. The lowest BCUT2D eigenvalue weighted by Gasteiger charge is -2.38. The van der Waals surface area contributed by atoms with Crippen LogP contribution in [0.15, 0.2) is 29.2 Å². The first-order valence-electron chi connectivity index (χ1n) is 10.1. The van der Waals surface area contributed by atoms with Crippen LogP contribution in [-0.2, 0) is 4.79 Å². The number of para-hydroxylation sites is 1. The molecule has 1 saturated carbocycles. The van der Waals surface area contributed by atoms with E-state index in [1.165, 1.54) is 37.0 Å². The van der Waals surface area contributed by atoms with E-state index in [4.69, 9.17) is 0 Å². The predicted molar refractivity (Wildman–Crippen MR) is 110 cm³/mol. The third-order valence-electron chi connectivity index (χ3n) is 5.62. The first-order valence-corrected chi connectivity index (χ1v) is 11.0. The average molecular weight is 362 g/mol. The fourth-order valence-electron chi connectivity index (χ4n) is 4.06. The highest BCUT2D eigenvalue weighted by atomic mass is 32.2. The third kappa shape index (κ3) is 5.51. The fourth-order valence-corrected chi connectivity index (χ4v) is 4.97. The molecule has 1 fully saturated rings. The van der Waals surface area contributed by atoms with Crippen LogP contribution in [0.25, 0.3) is 0 Å². The standard InChI is InChI=1S/C22H35NOS/c1-5-18(6-2)16-22(14-10-7-11-15-22)21(24)23-19-12-8-9-13-20(19)25-17(3)4/h8-9,12-13,17-18H,5-7,10-11,14-16H2,1-4H3,(H,23,24). The van der Waals surface area contributed by atoms with Crippen LogP contribution < -0.4 is 5.32 Å². The highest BCUT2D eigenvalue weighted by Gasteiger charge is 2.40. The minimum Gasteiger partial charge on any atom is -0.325 e. The summed E-state index contributed by atoms with van der Waals surface area (Å²) in [6, 6.07) is 8.25. The Balaban J connectivity index is 2.20. The number of amides is 1. The molecule has 0 unspecified atom stereocenters. The van der Waals surface area contributed by atoms with E-state index in [-0.39, 0.29) is 11.3 Å². The molecule has 1 N–H and O–H groups in total. The lowest BCUT2D eigenvalue weighted by atomic mass is 9.67. The van der Waals surface area contributed by atoms with Crippen molar-refractivity contribution in [2.75, 3.05) is 5.32 Å². The van der Waals surface area contributed by atoms with E-state index in [1.807, 2.05) is 17.8 Å². The number of carbonyl (C=O) groups excluding carboxylic acids is 1. The molecule has 0 saturated heterocycles. The SMILES string of the molecule is CCC(CC)CC1(C(=O)Nc2ccccc2SC(C)C)CCCCC1. The summed E-state index contributed by atoms with van der Waals surface area (Å²) in [6.07, 6.45) is 9.15. The fraction of sp³-hybridized carbons (Fsp3) is 0.682. The van der Waals surface area contributed by atoms with Crippen LogP contribution in [0.1, 0.15) is 79.1 Å².